The van der Waals surface area contributed by atoms with Crippen molar-refractivity contribution in [1.29, 1.82) is 0 Å². The Morgan fingerprint density at radius 1 is 1.24 bits per heavy atom. The third-order valence-corrected chi connectivity index (χ3v) is 5.27. The number of nitrogens with one attached hydrogen (secondary N) is 1. The van der Waals surface area contributed by atoms with Crippen molar-refractivity contribution in [2.45, 2.75) is 25.9 Å². The molecule has 0 aliphatic heterocycles. The van der Waals surface area contributed by atoms with E-state index >= 15 is 0 Å². The largest absolute Gasteiger partial charge is 0.383 e. The van der Waals surface area contributed by atoms with Gasteiger partial charge in [-0.2, -0.15) is 0 Å². The van der Waals surface area contributed by atoms with Gasteiger partial charge in [0.05, 0.1) is 5.39 Å². The lowest BCUT2D eigenvalue weighted by Gasteiger charge is -2.23. The Morgan fingerprint density at radius 2 is 2.10 bits per heavy atom. The van der Waals surface area contributed by atoms with Crippen molar-refractivity contribution in [2.24, 2.45) is 0 Å². The summed E-state index contributed by atoms with van der Waals surface area (Å²) in [5.41, 5.74) is -0.909. The smallest absolute Gasteiger partial charge is 0.138 e. The maximum absolute atomic E-state index is 10.6. The van der Waals surface area contributed by atoms with Crippen LogP contribution in [0, 0.1) is 0 Å². The van der Waals surface area contributed by atoms with Gasteiger partial charge in [-0.1, -0.05) is 13.0 Å². The lowest BCUT2D eigenvalue weighted by atomic mass is 10.1. The van der Waals surface area contributed by atoms with E-state index in [9.17, 15) is 5.11 Å². The Morgan fingerprint density at radius 3 is 2.81 bits per heavy atom. The number of thiophene rings is 2. The second-order valence-electron chi connectivity index (χ2n) is 5.09. The third-order valence-electron chi connectivity index (χ3n) is 3.34. The molecule has 1 unspecified atom stereocenters. The number of rotatable bonds is 5. The van der Waals surface area contributed by atoms with Gasteiger partial charge in [-0.3, -0.25) is 0 Å². The van der Waals surface area contributed by atoms with Gasteiger partial charge in [-0.05, 0) is 29.8 Å². The number of hydrogen-bond donors (Lipinski definition) is 2. The first-order chi connectivity index (χ1) is 10.1. The SMILES string of the molecule is CCc1nc(NCC(C)(O)c2cccs2)c2ccsc2n1. The van der Waals surface area contributed by atoms with E-state index in [-0.39, 0.29) is 0 Å². The number of hydrogen-bond acceptors (Lipinski definition) is 6. The molecular weight excluding hydrogens is 302 g/mol. The molecule has 110 valence electrons. The van der Waals surface area contributed by atoms with Crippen LogP contribution in [0.1, 0.15) is 24.5 Å². The van der Waals surface area contributed by atoms with Gasteiger partial charge in [0.15, 0.2) is 0 Å². The Labute approximate surface area is 131 Å². The van der Waals surface area contributed by atoms with Crippen molar-refractivity contribution in [3.8, 4) is 0 Å². The maximum atomic E-state index is 10.6. The minimum atomic E-state index is -0.909. The van der Waals surface area contributed by atoms with E-state index in [1.807, 2.05) is 42.8 Å². The van der Waals surface area contributed by atoms with Crippen molar-refractivity contribution in [3.63, 3.8) is 0 Å². The Bertz CT molecular complexity index is 735. The van der Waals surface area contributed by atoms with Crippen molar-refractivity contribution < 1.29 is 5.11 Å². The molecule has 2 N–H and O–H groups in total. The number of fused-ring (bicyclic) bond motifs is 1. The van der Waals surface area contributed by atoms with E-state index in [0.717, 1.165) is 33.2 Å². The topological polar surface area (TPSA) is 58.0 Å². The van der Waals surface area contributed by atoms with E-state index < -0.39 is 5.60 Å². The highest BCUT2D eigenvalue weighted by Crippen LogP contribution is 2.28. The van der Waals surface area contributed by atoms with Crippen LogP contribution in [0.15, 0.2) is 29.0 Å². The van der Waals surface area contributed by atoms with E-state index in [2.05, 4.69) is 15.3 Å². The number of nitrogens with zero attached hydrogens (tertiary/aromatic N) is 2. The second kappa shape index (κ2) is 5.71. The number of aryl methyl sites for hydroxylation is 1. The van der Waals surface area contributed by atoms with Crippen LogP contribution in [0.3, 0.4) is 0 Å². The van der Waals surface area contributed by atoms with Gasteiger partial charge in [-0.15, -0.1) is 22.7 Å². The van der Waals surface area contributed by atoms with Crippen LogP contribution in [0.2, 0.25) is 0 Å². The summed E-state index contributed by atoms with van der Waals surface area (Å²) in [6.07, 6.45) is 0.795. The fourth-order valence-corrected chi connectivity index (χ4v) is 3.69. The van der Waals surface area contributed by atoms with Gasteiger partial charge < -0.3 is 10.4 Å². The van der Waals surface area contributed by atoms with E-state index in [4.69, 9.17) is 0 Å². The molecule has 6 heteroatoms. The van der Waals surface area contributed by atoms with Crippen molar-refractivity contribution >= 4 is 38.7 Å². The minimum Gasteiger partial charge on any atom is -0.383 e. The molecule has 0 saturated heterocycles. The Balaban J connectivity index is 1.86. The van der Waals surface area contributed by atoms with Gasteiger partial charge >= 0.3 is 0 Å². The normalized spacial score (nSPS) is 14.2. The van der Waals surface area contributed by atoms with Crippen LogP contribution in [0.4, 0.5) is 5.82 Å². The van der Waals surface area contributed by atoms with Crippen LogP contribution >= 0.6 is 22.7 Å². The number of aromatic nitrogens is 2. The zero-order chi connectivity index (χ0) is 14.9. The molecule has 0 spiro atoms. The zero-order valence-corrected chi connectivity index (χ0v) is 13.6. The van der Waals surface area contributed by atoms with Gasteiger partial charge in [0.1, 0.15) is 22.1 Å². The van der Waals surface area contributed by atoms with Crippen LogP contribution in [-0.2, 0) is 12.0 Å². The molecule has 0 amide bonds. The van der Waals surface area contributed by atoms with Gasteiger partial charge in [0.25, 0.3) is 0 Å². The summed E-state index contributed by atoms with van der Waals surface area (Å²) in [6, 6.07) is 5.91. The summed E-state index contributed by atoms with van der Waals surface area (Å²) in [5.74, 6) is 1.62. The van der Waals surface area contributed by atoms with Crippen LogP contribution < -0.4 is 5.32 Å². The standard InChI is InChI=1S/C15H17N3OS2/c1-3-12-17-13(10-6-8-21-14(10)18-12)16-9-15(2,19)11-5-4-7-20-11/h4-8,19H,3,9H2,1-2H3,(H,16,17,18). The molecule has 4 nitrogen and oxygen atoms in total. The lowest BCUT2D eigenvalue weighted by Crippen LogP contribution is -2.30. The van der Waals surface area contributed by atoms with Crippen LogP contribution in [0.25, 0.3) is 10.2 Å². The van der Waals surface area contributed by atoms with Gasteiger partial charge in [0, 0.05) is 17.8 Å². The van der Waals surface area contributed by atoms with Crippen molar-refractivity contribution in [1.82, 2.24) is 9.97 Å². The minimum absolute atomic E-state index is 0.415. The van der Waals surface area contributed by atoms with E-state index in [0.29, 0.717) is 6.54 Å². The van der Waals surface area contributed by atoms with E-state index in [1.165, 1.54) is 0 Å². The van der Waals surface area contributed by atoms with E-state index in [1.54, 1.807) is 22.7 Å². The molecule has 0 bridgehead atoms. The first-order valence-corrected chi connectivity index (χ1v) is 8.60. The molecule has 3 aromatic heterocycles. The van der Waals surface area contributed by atoms with Crippen LogP contribution in [0.5, 0.6) is 0 Å². The molecule has 3 aromatic rings. The molecule has 0 saturated carbocycles. The Hall–Kier alpha value is -1.50. The summed E-state index contributed by atoms with van der Waals surface area (Å²) in [7, 11) is 0. The Kier molecular flexibility index (Phi) is 3.93. The summed E-state index contributed by atoms with van der Waals surface area (Å²) >= 11 is 3.17. The predicted octanol–water partition coefficient (Wildman–Crippen LogP) is 3.63. The highest BCUT2D eigenvalue weighted by molar-refractivity contribution is 7.16. The number of anilines is 1. The van der Waals surface area contributed by atoms with Crippen molar-refractivity contribution in [3.05, 3.63) is 39.7 Å². The fourth-order valence-electron chi connectivity index (χ4n) is 2.12. The molecule has 1 atom stereocenters. The molecule has 0 aromatic carbocycles. The van der Waals surface area contributed by atoms with Gasteiger partial charge in [0.2, 0.25) is 0 Å². The molecule has 21 heavy (non-hydrogen) atoms. The highest BCUT2D eigenvalue weighted by Gasteiger charge is 2.24. The highest BCUT2D eigenvalue weighted by atomic mass is 32.1. The summed E-state index contributed by atoms with van der Waals surface area (Å²) in [4.78, 5) is 11.0. The molecule has 3 rings (SSSR count). The maximum Gasteiger partial charge on any atom is 0.138 e. The van der Waals surface area contributed by atoms with Crippen LogP contribution in [-0.4, -0.2) is 21.6 Å². The first kappa shape index (κ1) is 14.4. The average molecular weight is 319 g/mol. The lowest BCUT2D eigenvalue weighted by molar-refractivity contribution is 0.0754. The van der Waals surface area contributed by atoms with Gasteiger partial charge in [-0.25, -0.2) is 9.97 Å². The first-order valence-electron chi connectivity index (χ1n) is 6.84. The molecule has 0 aliphatic rings. The molecular formula is C15H17N3OS2. The molecule has 3 heterocycles. The quantitative estimate of drug-likeness (QED) is 0.754. The average Bonchev–Trinajstić information content (AvgIpc) is 3.15. The summed E-state index contributed by atoms with van der Waals surface area (Å²) in [5, 5.41) is 18.9. The molecule has 0 radical (unpaired) electrons. The third kappa shape index (κ3) is 2.92. The fraction of sp³-hybridized carbons (Fsp3) is 0.333. The predicted molar refractivity (Wildman–Crippen MR) is 89.2 cm³/mol. The monoisotopic (exact) mass is 319 g/mol. The molecule has 0 fully saturated rings. The second-order valence-corrected chi connectivity index (χ2v) is 6.93. The number of aliphatic hydroxyl groups is 1. The summed E-state index contributed by atoms with van der Waals surface area (Å²) < 4.78 is 0. The molecule has 0 aliphatic carbocycles. The zero-order valence-electron chi connectivity index (χ0n) is 12.0. The summed E-state index contributed by atoms with van der Waals surface area (Å²) in [6.45, 7) is 4.28. The van der Waals surface area contributed by atoms with Crippen molar-refractivity contribution in [2.75, 3.05) is 11.9 Å².